The summed E-state index contributed by atoms with van der Waals surface area (Å²) < 4.78 is 0. The lowest BCUT2D eigenvalue weighted by atomic mass is 9.93. The molecule has 0 radical (unpaired) electrons. The van der Waals surface area contributed by atoms with Crippen molar-refractivity contribution >= 4 is 17.4 Å². The van der Waals surface area contributed by atoms with Crippen LogP contribution in [0, 0.1) is 0 Å². The zero-order valence-corrected chi connectivity index (χ0v) is 12.4. The summed E-state index contributed by atoms with van der Waals surface area (Å²) in [4.78, 5) is 8.80. The highest BCUT2D eigenvalue weighted by Gasteiger charge is 2.23. The van der Waals surface area contributed by atoms with Crippen LogP contribution in [0.15, 0.2) is 36.7 Å². The smallest absolute Gasteiger partial charge is 0.145 e. The second-order valence-electron chi connectivity index (χ2n) is 5.40. The standard InChI is InChI=1S/C16H18ClN3O/c17-12-5-3-4-11(8-12)14-9-18-10-16(20-14)19-13-6-1-2-7-15(13)21/h3-5,8-10,13,15,21H,1-2,6-7H2,(H,19,20)/t13-,15-/m0/s1. The number of halogens is 1. The molecule has 0 unspecified atom stereocenters. The molecule has 0 aliphatic heterocycles. The van der Waals surface area contributed by atoms with Crippen molar-refractivity contribution in [2.45, 2.75) is 37.8 Å². The van der Waals surface area contributed by atoms with Crippen LogP contribution in [0.25, 0.3) is 11.3 Å². The van der Waals surface area contributed by atoms with Crippen molar-refractivity contribution in [2.24, 2.45) is 0 Å². The van der Waals surface area contributed by atoms with Crippen molar-refractivity contribution in [3.63, 3.8) is 0 Å². The molecule has 21 heavy (non-hydrogen) atoms. The zero-order valence-electron chi connectivity index (χ0n) is 11.7. The van der Waals surface area contributed by atoms with Crippen LogP contribution < -0.4 is 5.32 Å². The monoisotopic (exact) mass is 303 g/mol. The Bertz CT molecular complexity index is 620. The molecule has 1 aromatic carbocycles. The Balaban J connectivity index is 1.80. The largest absolute Gasteiger partial charge is 0.391 e. The lowest BCUT2D eigenvalue weighted by Gasteiger charge is -2.28. The average molecular weight is 304 g/mol. The molecule has 0 amide bonds. The Morgan fingerprint density at radius 2 is 2.05 bits per heavy atom. The van der Waals surface area contributed by atoms with Gasteiger partial charge < -0.3 is 10.4 Å². The quantitative estimate of drug-likeness (QED) is 0.911. The molecule has 0 bridgehead atoms. The van der Waals surface area contributed by atoms with E-state index >= 15 is 0 Å². The molecule has 3 rings (SSSR count). The Morgan fingerprint density at radius 3 is 2.86 bits per heavy atom. The maximum Gasteiger partial charge on any atom is 0.145 e. The zero-order chi connectivity index (χ0) is 14.7. The van der Waals surface area contributed by atoms with Crippen LogP contribution in [0.2, 0.25) is 5.02 Å². The van der Waals surface area contributed by atoms with Gasteiger partial charge in [0.1, 0.15) is 5.82 Å². The molecule has 2 atom stereocenters. The summed E-state index contributed by atoms with van der Waals surface area (Å²) in [6.45, 7) is 0. The van der Waals surface area contributed by atoms with Crippen LogP contribution in [0.1, 0.15) is 25.7 Å². The van der Waals surface area contributed by atoms with E-state index in [9.17, 15) is 5.11 Å². The lowest BCUT2D eigenvalue weighted by molar-refractivity contribution is 0.116. The molecule has 5 heteroatoms. The minimum atomic E-state index is -0.310. The molecule has 4 nitrogen and oxygen atoms in total. The van der Waals surface area contributed by atoms with Gasteiger partial charge in [0.25, 0.3) is 0 Å². The van der Waals surface area contributed by atoms with E-state index in [1.807, 2.05) is 24.3 Å². The SMILES string of the molecule is O[C@H]1CCCC[C@@H]1Nc1cncc(-c2cccc(Cl)c2)n1. The number of nitrogens with one attached hydrogen (secondary N) is 1. The second-order valence-corrected chi connectivity index (χ2v) is 5.84. The number of aliphatic hydroxyl groups excluding tert-OH is 1. The number of aromatic nitrogens is 2. The summed E-state index contributed by atoms with van der Waals surface area (Å²) in [6, 6.07) is 7.60. The van der Waals surface area contributed by atoms with Crippen LogP contribution in [-0.2, 0) is 0 Å². The molecule has 1 fully saturated rings. The average Bonchev–Trinajstić information content (AvgIpc) is 2.50. The van der Waals surface area contributed by atoms with Gasteiger partial charge in [-0.15, -0.1) is 0 Å². The summed E-state index contributed by atoms with van der Waals surface area (Å²) in [5.74, 6) is 0.693. The summed E-state index contributed by atoms with van der Waals surface area (Å²) in [7, 11) is 0. The van der Waals surface area contributed by atoms with E-state index in [2.05, 4.69) is 15.3 Å². The summed E-state index contributed by atoms with van der Waals surface area (Å²) in [5.41, 5.74) is 1.70. The number of nitrogens with zero attached hydrogens (tertiary/aromatic N) is 2. The molecule has 2 N–H and O–H groups in total. The Labute approximate surface area is 129 Å². The third-order valence-corrected chi connectivity index (χ3v) is 4.05. The summed E-state index contributed by atoms with van der Waals surface area (Å²) in [5, 5.41) is 14.0. The maximum absolute atomic E-state index is 10.0. The van der Waals surface area contributed by atoms with Crippen LogP contribution in [0.5, 0.6) is 0 Å². The van der Waals surface area contributed by atoms with Crippen molar-refractivity contribution in [3.8, 4) is 11.3 Å². The molecule has 0 spiro atoms. The highest BCUT2D eigenvalue weighted by Crippen LogP contribution is 2.24. The first-order chi connectivity index (χ1) is 10.2. The molecule has 1 saturated carbocycles. The van der Waals surface area contributed by atoms with Gasteiger partial charge in [-0.3, -0.25) is 4.98 Å². The van der Waals surface area contributed by atoms with E-state index in [1.54, 1.807) is 12.4 Å². The number of rotatable bonds is 3. The van der Waals surface area contributed by atoms with E-state index in [-0.39, 0.29) is 12.1 Å². The Morgan fingerprint density at radius 1 is 1.19 bits per heavy atom. The fourth-order valence-electron chi connectivity index (χ4n) is 2.69. The van der Waals surface area contributed by atoms with Gasteiger partial charge >= 0.3 is 0 Å². The fraction of sp³-hybridized carbons (Fsp3) is 0.375. The van der Waals surface area contributed by atoms with Gasteiger partial charge in [0.2, 0.25) is 0 Å². The van der Waals surface area contributed by atoms with Gasteiger partial charge in [0.05, 0.1) is 30.2 Å². The van der Waals surface area contributed by atoms with Crippen LogP contribution >= 0.6 is 11.6 Å². The minimum absolute atomic E-state index is 0.0580. The fourth-order valence-corrected chi connectivity index (χ4v) is 2.88. The van der Waals surface area contributed by atoms with E-state index in [4.69, 9.17) is 11.6 Å². The van der Waals surface area contributed by atoms with E-state index in [0.29, 0.717) is 10.8 Å². The Kier molecular flexibility index (Phi) is 4.36. The molecule has 2 aromatic rings. The molecular formula is C16H18ClN3O. The van der Waals surface area contributed by atoms with Crippen LogP contribution in [0.4, 0.5) is 5.82 Å². The van der Waals surface area contributed by atoms with Crippen molar-refractivity contribution in [2.75, 3.05) is 5.32 Å². The maximum atomic E-state index is 10.0. The van der Waals surface area contributed by atoms with Gasteiger partial charge in [-0.1, -0.05) is 36.6 Å². The number of hydrogen-bond donors (Lipinski definition) is 2. The molecule has 1 heterocycles. The van der Waals surface area contributed by atoms with Gasteiger partial charge in [-0.25, -0.2) is 4.98 Å². The first-order valence-corrected chi connectivity index (χ1v) is 7.63. The van der Waals surface area contributed by atoms with Crippen molar-refractivity contribution in [1.82, 2.24) is 9.97 Å². The van der Waals surface area contributed by atoms with Gasteiger partial charge in [0.15, 0.2) is 0 Å². The second kappa shape index (κ2) is 6.41. The molecule has 110 valence electrons. The summed E-state index contributed by atoms with van der Waals surface area (Å²) in [6.07, 6.45) is 7.13. The number of anilines is 1. The lowest BCUT2D eigenvalue weighted by Crippen LogP contribution is -2.36. The van der Waals surface area contributed by atoms with Crippen LogP contribution in [0.3, 0.4) is 0 Å². The predicted octanol–water partition coefficient (Wildman–Crippen LogP) is 3.51. The van der Waals surface area contributed by atoms with Crippen molar-refractivity contribution in [1.29, 1.82) is 0 Å². The highest BCUT2D eigenvalue weighted by molar-refractivity contribution is 6.30. The highest BCUT2D eigenvalue weighted by atomic mass is 35.5. The van der Waals surface area contributed by atoms with Gasteiger partial charge in [-0.05, 0) is 25.0 Å². The van der Waals surface area contributed by atoms with Gasteiger partial charge in [0, 0.05) is 10.6 Å². The molecule has 1 aromatic heterocycles. The third-order valence-electron chi connectivity index (χ3n) is 3.82. The van der Waals surface area contributed by atoms with E-state index in [0.717, 1.165) is 36.9 Å². The number of hydrogen-bond acceptors (Lipinski definition) is 4. The Hall–Kier alpha value is -1.65. The van der Waals surface area contributed by atoms with Crippen molar-refractivity contribution < 1.29 is 5.11 Å². The normalized spacial score (nSPS) is 22.0. The first-order valence-electron chi connectivity index (χ1n) is 7.25. The van der Waals surface area contributed by atoms with E-state index < -0.39 is 0 Å². The molecular weight excluding hydrogens is 286 g/mol. The van der Waals surface area contributed by atoms with Crippen molar-refractivity contribution in [3.05, 3.63) is 41.7 Å². The van der Waals surface area contributed by atoms with E-state index in [1.165, 1.54) is 0 Å². The first kappa shape index (κ1) is 14.3. The molecule has 0 saturated heterocycles. The predicted molar refractivity (Wildman–Crippen MR) is 84.4 cm³/mol. The van der Waals surface area contributed by atoms with Crippen LogP contribution in [-0.4, -0.2) is 27.2 Å². The minimum Gasteiger partial charge on any atom is -0.391 e. The summed E-state index contributed by atoms with van der Waals surface area (Å²) >= 11 is 6.01. The van der Waals surface area contributed by atoms with Gasteiger partial charge in [-0.2, -0.15) is 0 Å². The number of benzene rings is 1. The molecule has 1 aliphatic rings. The number of aliphatic hydroxyl groups is 1. The topological polar surface area (TPSA) is 58.0 Å². The third kappa shape index (κ3) is 3.52. The molecule has 1 aliphatic carbocycles.